The number of hydrogen-bond acceptors (Lipinski definition) is 5. The standard InChI is InChI=1S/C21H26N6O/c1-26(2)19-9-8-16(13-22-19)25-15-5-4-11-27(12-10-15)21(28)17-6-3-7-18-20(17)24-14-23-18/h3,6-9,13-15,25H,4-5,10-12H2,1-2H3,(H,23,24). The summed E-state index contributed by atoms with van der Waals surface area (Å²) in [5.74, 6) is 1.01. The van der Waals surface area contributed by atoms with Gasteiger partial charge in [-0.25, -0.2) is 9.97 Å². The molecule has 1 unspecified atom stereocenters. The van der Waals surface area contributed by atoms with Crippen LogP contribution in [0.15, 0.2) is 42.9 Å². The summed E-state index contributed by atoms with van der Waals surface area (Å²) in [6.45, 7) is 1.51. The average Bonchev–Trinajstić information content (AvgIpc) is 3.07. The first kappa shape index (κ1) is 18.3. The predicted molar refractivity (Wildman–Crippen MR) is 112 cm³/mol. The lowest BCUT2D eigenvalue weighted by atomic mass is 10.1. The number of anilines is 2. The molecule has 7 heteroatoms. The van der Waals surface area contributed by atoms with E-state index in [-0.39, 0.29) is 5.91 Å². The van der Waals surface area contributed by atoms with Crippen molar-refractivity contribution in [1.82, 2.24) is 19.9 Å². The number of carbonyl (C=O) groups excluding carboxylic acids is 1. The second-order valence-electron chi connectivity index (χ2n) is 7.47. The van der Waals surface area contributed by atoms with Crippen molar-refractivity contribution in [2.45, 2.75) is 25.3 Å². The zero-order chi connectivity index (χ0) is 19.5. The number of aromatic nitrogens is 3. The molecule has 1 aliphatic heterocycles. The Bertz CT molecular complexity index is 949. The molecule has 1 amide bonds. The summed E-state index contributed by atoms with van der Waals surface area (Å²) in [5.41, 5.74) is 3.35. The third kappa shape index (κ3) is 3.78. The largest absolute Gasteiger partial charge is 0.381 e. The van der Waals surface area contributed by atoms with Gasteiger partial charge in [-0.1, -0.05) is 6.07 Å². The maximum Gasteiger partial charge on any atom is 0.256 e. The van der Waals surface area contributed by atoms with Gasteiger partial charge in [0.15, 0.2) is 0 Å². The normalized spacial score (nSPS) is 17.4. The molecule has 146 valence electrons. The molecular formula is C21H26N6O. The van der Waals surface area contributed by atoms with Gasteiger partial charge in [0.2, 0.25) is 0 Å². The number of rotatable bonds is 4. The summed E-state index contributed by atoms with van der Waals surface area (Å²) < 4.78 is 0. The first-order valence-electron chi connectivity index (χ1n) is 9.73. The molecule has 2 N–H and O–H groups in total. The summed E-state index contributed by atoms with van der Waals surface area (Å²) in [7, 11) is 3.96. The number of amides is 1. The second-order valence-corrected chi connectivity index (χ2v) is 7.47. The lowest BCUT2D eigenvalue weighted by molar-refractivity contribution is 0.0763. The fourth-order valence-corrected chi connectivity index (χ4v) is 3.72. The van der Waals surface area contributed by atoms with Gasteiger partial charge < -0.3 is 20.1 Å². The first-order chi connectivity index (χ1) is 13.6. The number of benzene rings is 1. The van der Waals surface area contributed by atoms with Crippen molar-refractivity contribution >= 4 is 28.4 Å². The molecule has 0 radical (unpaired) electrons. The number of carbonyl (C=O) groups is 1. The number of imidazole rings is 1. The van der Waals surface area contributed by atoms with E-state index in [1.54, 1.807) is 6.33 Å². The van der Waals surface area contributed by atoms with Crippen LogP contribution in [-0.4, -0.2) is 59.0 Å². The van der Waals surface area contributed by atoms with Crippen LogP contribution in [0.3, 0.4) is 0 Å². The van der Waals surface area contributed by atoms with Crippen molar-refractivity contribution in [1.29, 1.82) is 0 Å². The zero-order valence-electron chi connectivity index (χ0n) is 16.4. The van der Waals surface area contributed by atoms with Gasteiger partial charge in [0.05, 0.1) is 29.3 Å². The summed E-state index contributed by atoms with van der Waals surface area (Å²) in [4.78, 5) is 28.9. The quantitative estimate of drug-likeness (QED) is 0.729. The Morgan fingerprint density at radius 2 is 2.07 bits per heavy atom. The van der Waals surface area contributed by atoms with Gasteiger partial charge >= 0.3 is 0 Å². The van der Waals surface area contributed by atoms with Gasteiger partial charge in [0.25, 0.3) is 5.91 Å². The fourth-order valence-electron chi connectivity index (χ4n) is 3.72. The van der Waals surface area contributed by atoms with Gasteiger partial charge in [-0.05, 0) is 43.5 Å². The number of likely N-dealkylation sites (tertiary alicyclic amines) is 1. The third-order valence-corrected chi connectivity index (χ3v) is 5.27. The van der Waals surface area contributed by atoms with E-state index in [9.17, 15) is 4.79 Å². The van der Waals surface area contributed by atoms with Crippen molar-refractivity contribution in [2.24, 2.45) is 0 Å². The minimum absolute atomic E-state index is 0.0651. The van der Waals surface area contributed by atoms with Gasteiger partial charge in [-0.2, -0.15) is 0 Å². The lowest BCUT2D eigenvalue weighted by Crippen LogP contribution is -2.32. The van der Waals surface area contributed by atoms with E-state index in [1.165, 1.54) is 0 Å². The number of nitrogens with zero attached hydrogens (tertiary/aromatic N) is 4. The summed E-state index contributed by atoms with van der Waals surface area (Å²) in [6, 6.07) is 10.1. The van der Waals surface area contributed by atoms with Crippen LogP contribution in [0.25, 0.3) is 11.0 Å². The highest BCUT2D eigenvalue weighted by atomic mass is 16.2. The number of aromatic amines is 1. The van der Waals surface area contributed by atoms with Gasteiger partial charge in [-0.15, -0.1) is 0 Å². The fraction of sp³-hybridized carbons (Fsp3) is 0.381. The monoisotopic (exact) mass is 378 g/mol. The lowest BCUT2D eigenvalue weighted by Gasteiger charge is -2.21. The molecule has 4 rings (SSSR count). The zero-order valence-corrected chi connectivity index (χ0v) is 16.4. The minimum Gasteiger partial charge on any atom is -0.381 e. The van der Waals surface area contributed by atoms with Crippen molar-refractivity contribution in [2.75, 3.05) is 37.4 Å². The summed E-state index contributed by atoms with van der Waals surface area (Å²) >= 11 is 0. The van der Waals surface area contributed by atoms with Crippen molar-refractivity contribution in [3.05, 3.63) is 48.4 Å². The second kappa shape index (κ2) is 7.88. The van der Waals surface area contributed by atoms with E-state index in [1.807, 2.05) is 54.4 Å². The third-order valence-electron chi connectivity index (χ3n) is 5.27. The molecule has 1 aromatic carbocycles. The van der Waals surface area contributed by atoms with E-state index in [0.717, 1.165) is 54.9 Å². The van der Waals surface area contributed by atoms with Crippen LogP contribution in [0.2, 0.25) is 0 Å². The Kier molecular flexibility index (Phi) is 5.14. The maximum atomic E-state index is 13.1. The van der Waals surface area contributed by atoms with E-state index in [2.05, 4.69) is 26.3 Å². The minimum atomic E-state index is 0.0651. The van der Waals surface area contributed by atoms with Crippen LogP contribution in [0.4, 0.5) is 11.5 Å². The molecule has 3 heterocycles. The molecule has 2 aromatic heterocycles. The summed E-state index contributed by atoms with van der Waals surface area (Å²) in [6.07, 6.45) is 6.44. The number of fused-ring (bicyclic) bond motifs is 1. The summed E-state index contributed by atoms with van der Waals surface area (Å²) in [5, 5.41) is 3.58. The van der Waals surface area contributed by atoms with E-state index >= 15 is 0 Å². The Labute approximate surface area is 164 Å². The molecule has 0 aliphatic carbocycles. The highest BCUT2D eigenvalue weighted by molar-refractivity contribution is 6.04. The van der Waals surface area contributed by atoms with Crippen LogP contribution < -0.4 is 10.2 Å². The highest BCUT2D eigenvalue weighted by Gasteiger charge is 2.23. The Morgan fingerprint density at radius 1 is 1.18 bits per heavy atom. The Hall–Kier alpha value is -3.09. The predicted octanol–water partition coefficient (Wildman–Crippen LogP) is 3.13. The molecule has 7 nitrogen and oxygen atoms in total. The number of H-pyrrole nitrogens is 1. The highest BCUT2D eigenvalue weighted by Crippen LogP contribution is 2.21. The molecule has 0 saturated carbocycles. The molecular weight excluding hydrogens is 352 g/mol. The Balaban J connectivity index is 1.41. The van der Waals surface area contributed by atoms with Crippen LogP contribution in [-0.2, 0) is 0 Å². The molecule has 1 atom stereocenters. The van der Waals surface area contributed by atoms with Crippen LogP contribution >= 0.6 is 0 Å². The SMILES string of the molecule is CN(C)c1ccc(NC2CCCN(C(=O)c3cccc4[nH]cnc34)CC2)cn1. The molecule has 0 spiro atoms. The van der Waals surface area contributed by atoms with Crippen LogP contribution in [0.5, 0.6) is 0 Å². The van der Waals surface area contributed by atoms with E-state index < -0.39 is 0 Å². The van der Waals surface area contributed by atoms with Gasteiger partial charge in [0, 0.05) is 33.2 Å². The number of nitrogens with one attached hydrogen (secondary N) is 2. The number of hydrogen-bond donors (Lipinski definition) is 2. The van der Waals surface area contributed by atoms with E-state index in [4.69, 9.17) is 0 Å². The van der Waals surface area contributed by atoms with Crippen molar-refractivity contribution < 1.29 is 4.79 Å². The number of para-hydroxylation sites is 1. The first-order valence-corrected chi connectivity index (χ1v) is 9.73. The molecule has 1 fully saturated rings. The molecule has 28 heavy (non-hydrogen) atoms. The van der Waals surface area contributed by atoms with E-state index in [0.29, 0.717) is 11.6 Å². The smallest absolute Gasteiger partial charge is 0.256 e. The Morgan fingerprint density at radius 3 is 2.86 bits per heavy atom. The topological polar surface area (TPSA) is 77.1 Å². The maximum absolute atomic E-state index is 13.1. The molecule has 0 bridgehead atoms. The van der Waals surface area contributed by atoms with Crippen molar-refractivity contribution in [3.8, 4) is 0 Å². The molecule has 1 aliphatic rings. The molecule has 1 saturated heterocycles. The van der Waals surface area contributed by atoms with Crippen molar-refractivity contribution in [3.63, 3.8) is 0 Å². The molecule has 3 aromatic rings. The van der Waals surface area contributed by atoms with Gasteiger partial charge in [-0.3, -0.25) is 4.79 Å². The van der Waals surface area contributed by atoms with Gasteiger partial charge in [0.1, 0.15) is 11.3 Å². The average molecular weight is 378 g/mol. The van der Waals surface area contributed by atoms with Crippen LogP contribution in [0.1, 0.15) is 29.6 Å². The number of pyridine rings is 1. The van der Waals surface area contributed by atoms with Crippen LogP contribution in [0, 0.1) is 0 Å².